The SMILES string of the molecule is CC1(c2cnc3n2CC(=O)C=N3)CC1.O=P(Cl)(Cl)Cl. The van der Waals surface area contributed by atoms with Crippen LogP contribution in [0, 0.1) is 0 Å². The van der Waals surface area contributed by atoms with Crippen molar-refractivity contribution in [1.29, 1.82) is 0 Å². The Balaban J connectivity index is 0.000000232. The van der Waals surface area contributed by atoms with Crippen molar-refractivity contribution in [3.8, 4) is 0 Å². The molecule has 0 N–H and O–H groups in total. The zero-order valence-electron chi connectivity index (χ0n) is 10.0. The molecule has 1 fully saturated rings. The molecule has 1 saturated carbocycles. The molecule has 0 saturated heterocycles. The van der Waals surface area contributed by atoms with Crippen LogP contribution in [-0.4, -0.2) is 21.5 Å². The third-order valence-electron chi connectivity index (χ3n) is 3.09. The zero-order chi connectivity index (χ0) is 14.3. The van der Waals surface area contributed by atoms with Gasteiger partial charge < -0.3 is 4.57 Å². The van der Waals surface area contributed by atoms with Gasteiger partial charge in [-0.1, -0.05) is 6.92 Å². The van der Waals surface area contributed by atoms with Crippen LogP contribution >= 0.6 is 38.9 Å². The highest BCUT2D eigenvalue weighted by Crippen LogP contribution is 2.61. The minimum Gasteiger partial charge on any atom is -0.304 e. The largest absolute Gasteiger partial charge is 0.339 e. The van der Waals surface area contributed by atoms with Crippen molar-refractivity contribution >= 4 is 56.9 Å². The summed E-state index contributed by atoms with van der Waals surface area (Å²) in [6.45, 7) is 2.61. The van der Waals surface area contributed by atoms with Crippen LogP contribution in [0.25, 0.3) is 0 Å². The Morgan fingerprint density at radius 2 is 1.95 bits per heavy atom. The number of imidazole rings is 1. The molecule has 0 aromatic carbocycles. The summed E-state index contributed by atoms with van der Waals surface area (Å²) in [6.07, 6.45) is 5.60. The van der Waals surface area contributed by atoms with Crippen molar-refractivity contribution in [2.24, 2.45) is 4.99 Å². The van der Waals surface area contributed by atoms with Gasteiger partial charge in [-0.05, 0) is 46.6 Å². The van der Waals surface area contributed by atoms with Crippen molar-refractivity contribution in [1.82, 2.24) is 9.55 Å². The number of hydrogen-bond acceptors (Lipinski definition) is 4. The summed E-state index contributed by atoms with van der Waals surface area (Å²) < 4.78 is 11.5. The Bertz CT molecular complexity index is 581. The Kier molecular flexibility index (Phi) is 4.12. The standard InChI is InChI=1S/C10H11N3O.Cl3OP/c1-10(2-3-10)8-5-12-9-11-4-7(14)6-13(8)9;1-5(2,3)4/h4-5H,2-3,6H2,1H3;. The second-order valence-electron chi connectivity index (χ2n) is 4.71. The van der Waals surface area contributed by atoms with Gasteiger partial charge in [-0.25, -0.2) is 9.98 Å². The first-order valence-corrected chi connectivity index (χ1v) is 9.93. The molecular weight excluding hydrogens is 331 g/mol. The number of carbonyl (C=O) groups is 1. The molecule has 1 aromatic rings. The fourth-order valence-corrected chi connectivity index (χ4v) is 1.88. The van der Waals surface area contributed by atoms with E-state index in [1.54, 1.807) is 0 Å². The normalized spacial score (nSPS) is 19.5. The van der Waals surface area contributed by atoms with Crippen molar-refractivity contribution in [2.75, 3.05) is 0 Å². The van der Waals surface area contributed by atoms with Gasteiger partial charge in [0.25, 0.3) is 0 Å². The highest BCUT2D eigenvalue weighted by molar-refractivity contribution is 8.24. The maximum atomic E-state index is 11.2. The van der Waals surface area contributed by atoms with Crippen LogP contribution in [0.4, 0.5) is 5.95 Å². The van der Waals surface area contributed by atoms with Crippen LogP contribution in [0.3, 0.4) is 0 Å². The van der Waals surface area contributed by atoms with E-state index in [0.717, 1.165) is 5.69 Å². The van der Waals surface area contributed by atoms with E-state index >= 15 is 0 Å². The molecule has 1 aliphatic carbocycles. The van der Waals surface area contributed by atoms with Gasteiger partial charge in [-0.3, -0.25) is 9.36 Å². The molecule has 0 amide bonds. The number of hydrogen-bond donors (Lipinski definition) is 0. The zero-order valence-corrected chi connectivity index (χ0v) is 13.2. The first-order valence-electron chi connectivity index (χ1n) is 5.51. The molecule has 104 valence electrons. The van der Waals surface area contributed by atoms with Gasteiger partial charge in [0.1, 0.15) is 0 Å². The maximum Gasteiger partial charge on any atom is 0.339 e. The molecular formula is C10H11Cl3N3O2P. The fraction of sp³-hybridized carbons (Fsp3) is 0.500. The number of aromatic nitrogens is 2. The lowest BCUT2D eigenvalue weighted by atomic mass is 10.1. The number of fused-ring (bicyclic) bond motifs is 1. The van der Waals surface area contributed by atoms with E-state index < -0.39 is 5.20 Å². The second-order valence-corrected chi connectivity index (χ2v) is 11.4. The summed E-state index contributed by atoms with van der Waals surface area (Å²) in [7, 11) is 0. The average Bonchev–Trinajstić information content (AvgIpc) is 2.86. The Labute approximate surface area is 124 Å². The molecule has 0 spiro atoms. The lowest BCUT2D eigenvalue weighted by molar-refractivity contribution is -0.113. The Morgan fingerprint density at radius 3 is 2.47 bits per heavy atom. The van der Waals surface area contributed by atoms with Gasteiger partial charge >= 0.3 is 5.20 Å². The van der Waals surface area contributed by atoms with Gasteiger partial charge in [-0.2, -0.15) is 0 Å². The van der Waals surface area contributed by atoms with Gasteiger partial charge in [-0.15, -0.1) is 0 Å². The summed E-state index contributed by atoms with van der Waals surface area (Å²) in [5.74, 6) is 0.730. The number of carbonyl (C=O) groups excluding carboxylic acids is 1. The summed E-state index contributed by atoms with van der Waals surface area (Å²) >= 11 is 13.8. The smallest absolute Gasteiger partial charge is 0.304 e. The van der Waals surface area contributed by atoms with E-state index in [9.17, 15) is 9.36 Å². The molecule has 3 rings (SSSR count). The summed E-state index contributed by atoms with van der Waals surface area (Å²) in [5, 5.41) is -3.22. The first-order chi connectivity index (χ1) is 8.69. The van der Waals surface area contributed by atoms with Crippen LogP contribution in [0.15, 0.2) is 11.2 Å². The number of nitrogens with zero attached hydrogens (tertiary/aromatic N) is 3. The van der Waals surface area contributed by atoms with E-state index in [1.807, 2.05) is 10.8 Å². The van der Waals surface area contributed by atoms with E-state index in [2.05, 4.69) is 50.6 Å². The van der Waals surface area contributed by atoms with Crippen LogP contribution in [0.1, 0.15) is 25.5 Å². The molecule has 19 heavy (non-hydrogen) atoms. The molecule has 9 heteroatoms. The topological polar surface area (TPSA) is 64.3 Å². The second kappa shape index (κ2) is 5.21. The predicted octanol–water partition coefficient (Wildman–Crippen LogP) is 4.03. The highest BCUT2D eigenvalue weighted by atomic mass is 36.0. The monoisotopic (exact) mass is 341 g/mol. The van der Waals surface area contributed by atoms with Crippen molar-refractivity contribution in [3.63, 3.8) is 0 Å². The van der Waals surface area contributed by atoms with Crippen molar-refractivity contribution in [2.45, 2.75) is 31.7 Å². The number of halogens is 3. The lowest BCUT2D eigenvalue weighted by Gasteiger charge is -2.14. The van der Waals surface area contributed by atoms with Gasteiger partial charge in [0.05, 0.1) is 19.0 Å². The molecule has 1 aliphatic heterocycles. The van der Waals surface area contributed by atoms with E-state index in [-0.39, 0.29) is 11.2 Å². The summed E-state index contributed by atoms with van der Waals surface area (Å²) in [4.78, 5) is 19.4. The fourth-order valence-electron chi connectivity index (χ4n) is 1.88. The molecule has 5 nitrogen and oxygen atoms in total. The third kappa shape index (κ3) is 4.06. The van der Waals surface area contributed by atoms with Gasteiger partial charge in [0.2, 0.25) is 5.95 Å². The summed E-state index contributed by atoms with van der Waals surface area (Å²) in [5.41, 5.74) is 1.41. The maximum absolute atomic E-state index is 11.2. The number of Topliss-reactive ketones (excluding diaryl/α,β-unsaturated/α-hetero) is 1. The number of aliphatic imine (C=N–C) groups is 1. The predicted molar refractivity (Wildman–Crippen MR) is 77.1 cm³/mol. The quantitative estimate of drug-likeness (QED) is 0.724. The minimum atomic E-state index is -3.22. The van der Waals surface area contributed by atoms with Crippen LogP contribution in [-0.2, 0) is 21.3 Å². The lowest BCUT2D eigenvalue weighted by Crippen LogP contribution is -2.19. The highest BCUT2D eigenvalue weighted by Gasteiger charge is 2.42. The summed E-state index contributed by atoms with van der Waals surface area (Å²) in [6, 6.07) is 0. The van der Waals surface area contributed by atoms with Crippen LogP contribution in [0.5, 0.6) is 0 Å². The Hall–Kier alpha value is -0.350. The van der Waals surface area contributed by atoms with Crippen molar-refractivity contribution in [3.05, 3.63) is 11.9 Å². The molecule has 0 atom stereocenters. The number of ketones is 1. The molecule has 2 aliphatic rings. The average molecular weight is 343 g/mol. The molecule has 1 aromatic heterocycles. The minimum absolute atomic E-state index is 0.0565. The van der Waals surface area contributed by atoms with E-state index in [0.29, 0.717) is 12.5 Å². The third-order valence-corrected chi connectivity index (χ3v) is 3.09. The first kappa shape index (κ1) is 15.0. The van der Waals surface area contributed by atoms with Crippen molar-refractivity contribution < 1.29 is 9.36 Å². The Morgan fingerprint density at radius 1 is 1.37 bits per heavy atom. The van der Waals surface area contributed by atoms with Gasteiger partial charge in [0, 0.05) is 11.1 Å². The van der Waals surface area contributed by atoms with Crippen LogP contribution < -0.4 is 0 Å². The van der Waals surface area contributed by atoms with Gasteiger partial charge in [0.15, 0.2) is 5.78 Å². The molecule has 2 heterocycles. The molecule has 0 bridgehead atoms. The van der Waals surface area contributed by atoms with Crippen LogP contribution in [0.2, 0.25) is 0 Å². The van der Waals surface area contributed by atoms with E-state index in [1.165, 1.54) is 19.1 Å². The number of rotatable bonds is 1. The molecule has 0 radical (unpaired) electrons. The molecule has 0 unspecified atom stereocenters. The van der Waals surface area contributed by atoms with E-state index in [4.69, 9.17) is 0 Å².